The van der Waals surface area contributed by atoms with Gasteiger partial charge in [-0.3, -0.25) is 4.79 Å². The molecule has 7 heteroatoms. The van der Waals surface area contributed by atoms with Gasteiger partial charge in [0.2, 0.25) is 5.91 Å². The highest BCUT2D eigenvalue weighted by atomic mass is 32.2. The Labute approximate surface area is 159 Å². The zero-order chi connectivity index (χ0) is 20.0. The fourth-order valence-corrected chi connectivity index (χ4v) is 3.21. The molecule has 0 saturated carbocycles. The van der Waals surface area contributed by atoms with Crippen molar-refractivity contribution in [2.45, 2.75) is 30.7 Å². The van der Waals surface area contributed by atoms with Crippen LogP contribution in [0.15, 0.2) is 53.4 Å². The highest BCUT2D eigenvalue weighted by Gasteiger charge is 2.18. The number of nitrogens with zero attached hydrogens (tertiary/aromatic N) is 1. The van der Waals surface area contributed by atoms with Crippen molar-refractivity contribution in [1.29, 1.82) is 0 Å². The molecular weight excluding hydrogens is 369 g/mol. The van der Waals surface area contributed by atoms with Gasteiger partial charge < -0.3 is 9.64 Å². The fourth-order valence-electron chi connectivity index (χ4n) is 2.58. The number of hydrogen-bond donors (Lipinski definition) is 0. The number of carbonyl (C=O) groups is 1. The molecule has 0 N–H and O–H groups in total. The number of hydrogen-bond acceptors (Lipinski definition) is 4. The molecule has 1 atom stereocenters. The maximum Gasteiger partial charge on any atom is 0.222 e. The summed E-state index contributed by atoms with van der Waals surface area (Å²) in [6, 6.07) is 12.5. The Hall–Kier alpha value is -2.41. The zero-order valence-electron chi connectivity index (χ0n) is 15.7. The van der Waals surface area contributed by atoms with E-state index in [1.165, 1.54) is 6.07 Å². The number of ether oxygens (including phenoxy) is 1. The third-order valence-electron chi connectivity index (χ3n) is 4.39. The highest BCUT2D eigenvalue weighted by Crippen LogP contribution is 2.22. The molecule has 0 aliphatic heterocycles. The van der Waals surface area contributed by atoms with Gasteiger partial charge in [0, 0.05) is 19.7 Å². The molecule has 1 unspecified atom stereocenters. The van der Waals surface area contributed by atoms with Crippen molar-refractivity contribution in [2.24, 2.45) is 0 Å². The molecule has 2 rings (SSSR count). The lowest BCUT2D eigenvalue weighted by Gasteiger charge is -2.25. The molecule has 2 aromatic carbocycles. The number of benzene rings is 2. The van der Waals surface area contributed by atoms with E-state index in [0.717, 1.165) is 11.8 Å². The molecule has 0 fully saturated rings. The zero-order valence-corrected chi connectivity index (χ0v) is 16.5. The summed E-state index contributed by atoms with van der Waals surface area (Å²) < 4.78 is 41.9. The Morgan fingerprint density at radius 3 is 2.37 bits per heavy atom. The first-order chi connectivity index (χ1) is 12.7. The lowest BCUT2D eigenvalue weighted by atomic mass is 10.1. The molecule has 0 heterocycles. The first kappa shape index (κ1) is 20.9. The van der Waals surface area contributed by atoms with Gasteiger partial charge in [-0.25, -0.2) is 12.8 Å². The normalized spacial score (nSPS) is 12.4. The monoisotopic (exact) mass is 393 g/mol. The standard InChI is InChI=1S/C20H24FNO4S/c1-15(16-10-12-17(13-11-16)27(3,24)25)22(2)20(23)9-6-14-26-19-8-5-4-7-18(19)21/h4-5,7-8,10-13,15H,6,9,14H2,1-3H3. The van der Waals surface area contributed by atoms with E-state index in [1.807, 2.05) is 6.92 Å². The Bertz CT molecular complexity index is 881. The maximum atomic E-state index is 13.5. The lowest BCUT2D eigenvalue weighted by molar-refractivity contribution is -0.132. The SMILES string of the molecule is CC(c1ccc(S(C)(=O)=O)cc1)N(C)C(=O)CCCOc1ccccc1F. The fraction of sp³-hybridized carbons (Fsp3) is 0.350. The van der Waals surface area contributed by atoms with E-state index in [9.17, 15) is 17.6 Å². The minimum Gasteiger partial charge on any atom is -0.491 e. The van der Waals surface area contributed by atoms with Crippen LogP contribution < -0.4 is 4.74 Å². The van der Waals surface area contributed by atoms with E-state index in [1.54, 1.807) is 54.4 Å². The lowest BCUT2D eigenvalue weighted by Crippen LogP contribution is -2.29. The Kier molecular flexibility index (Phi) is 6.96. The second kappa shape index (κ2) is 8.99. The van der Waals surface area contributed by atoms with E-state index in [2.05, 4.69) is 0 Å². The van der Waals surface area contributed by atoms with Crippen LogP contribution in [0.2, 0.25) is 0 Å². The van der Waals surface area contributed by atoms with Crippen molar-refractivity contribution < 1.29 is 22.3 Å². The summed E-state index contributed by atoms with van der Waals surface area (Å²) in [4.78, 5) is 14.2. The molecule has 1 amide bonds. The smallest absolute Gasteiger partial charge is 0.222 e. The molecule has 0 bridgehead atoms. The van der Waals surface area contributed by atoms with Crippen molar-refractivity contribution in [3.8, 4) is 5.75 Å². The molecule has 146 valence electrons. The van der Waals surface area contributed by atoms with Crippen molar-refractivity contribution in [1.82, 2.24) is 4.90 Å². The average molecular weight is 393 g/mol. The van der Waals surface area contributed by atoms with Gasteiger partial charge in [0.25, 0.3) is 0 Å². The summed E-state index contributed by atoms with van der Waals surface area (Å²) in [6.45, 7) is 2.13. The molecule has 0 aliphatic rings. The van der Waals surface area contributed by atoms with Gasteiger partial charge in [0.15, 0.2) is 21.4 Å². The van der Waals surface area contributed by atoms with Crippen molar-refractivity contribution in [3.63, 3.8) is 0 Å². The first-order valence-electron chi connectivity index (χ1n) is 8.63. The minimum atomic E-state index is -3.24. The van der Waals surface area contributed by atoms with Gasteiger partial charge in [-0.15, -0.1) is 0 Å². The van der Waals surface area contributed by atoms with E-state index in [0.29, 0.717) is 6.42 Å². The summed E-state index contributed by atoms with van der Waals surface area (Å²) >= 11 is 0. The number of rotatable bonds is 8. The van der Waals surface area contributed by atoms with Crippen LogP contribution in [0.4, 0.5) is 4.39 Å². The van der Waals surface area contributed by atoms with E-state index in [4.69, 9.17) is 4.74 Å². The van der Waals surface area contributed by atoms with E-state index in [-0.39, 0.29) is 35.6 Å². The molecule has 5 nitrogen and oxygen atoms in total. The van der Waals surface area contributed by atoms with Gasteiger partial charge in [-0.2, -0.15) is 0 Å². The van der Waals surface area contributed by atoms with E-state index >= 15 is 0 Å². The number of para-hydroxylation sites is 1. The molecule has 0 radical (unpaired) electrons. The molecule has 27 heavy (non-hydrogen) atoms. The van der Waals surface area contributed by atoms with Crippen molar-refractivity contribution >= 4 is 15.7 Å². The Morgan fingerprint density at radius 2 is 1.78 bits per heavy atom. The average Bonchev–Trinajstić information content (AvgIpc) is 2.64. The molecule has 0 saturated heterocycles. The van der Waals surface area contributed by atoms with Gasteiger partial charge in [0.05, 0.1) is 17.5 Å². The van der Waals surface area contributed by atoms with Crippen LogP contribution in [0.25, 0.3) is 0 Å². The van der Waals surface area contributed by atoms with Crippen LogP contribution >= 0.6 is 0 Å². The summed E-state index contributed by atoms with van der Waals surface area (Å²) in [5.41, 5.74) is 0.848. The van der Waals surface area contributed by atoms with E-state index < -0.39 is 15.7 Å². The topological polar surface area (TPSA) is 63.7 Å². The third-order valence-corrected chi connectivity index (χ3v) is 5.52. The predicted octanol–water partition coefficient (Wildman–Crippen LogP) is 3.61. The second-order valence-corrected chi connectivity index (χ2v) is 8.42. The molecular formula is C20H24FNO4S. The molecule has 0 spiro atoms. The van der Waals surface area contributed by atoms with Crippen LogP contribution in [0.5, 0.6) is 5.75 Å². The van der Waals surface area contributed by atoms with Crippen LogP contribution in [0, 0.1) is 5.82 Å². The van der Waals surface area contributed by atoms with Gasteiger partial charge in [-0.05, 0) is 43.2 Å². The van der Waals surface area contributed by atoms with Crippen LogP contribution in [0.3, 0.4) is 0 Å². The summed E-state index contributed by atoms with van der Waals surface area (Å²) in [6.07, 6.45) is 1.90. The maximum absolute atomic E-state index is 13.5. The summed E-state index contributed by atoms with van der Waals surface area (Å²) in [5.74, 6) is -0.309. The Morgan fingerprint density at radius 1 is 1.15 bits per heavy atom. The first-order valence-corrected chi connectivity index (χ1v) is 10.5. The van der Waals surface area contributed by atoms with Crippen LogP contribution in [0.1, 0.15) is 31.4 Å². The van der Waals surface area contributed by atoms with Crippen molar-refractivity contribution in [2.75, 3.05) is 19.9 Å². The second-order valence-electron chi connectivity index (χ2n) is 6.40. The number of carbonyl (C=O) groups excluding carboxylic acids is 1. The summed E-state index contributed by atoms with van der Waals surface area (Å²) in [5, 5.41) is 0. The quantitative estimate of drug-likeness (QED) is 0.643. The highest BCUT2D eigenvalue weighted by molar-refractivity contribution is 7.90. The van der Waals surface area contributed by atoms with Gasteiger partial charge >= 0.3 is 0 Å². The molecule has 0 aliphatic carbocycles. The third kappa shape index (κ3) is 5.79. The van der Waals surface area contributed by atoms with Crippen molar-refractivity contribution in [3.05, 3.63) is 59.9 Å². The number of halogens is 1. The molecule has 2 aromatic rings. The van der Waals surface area contributed by atoms with Crippen LogP contribution in [-0.2, 0) is 14.6 Å². The Balaban J connectivity index is 1.86. The largest absolute Gasteiger partial charge is 0.491 e. The summed E-state index contributed by atoms with van der Waals surface area (Å²) in [7, 11) is -1.54. The number of sulfone groups is 1. The van der Waals surface area contributed by atoms with Gasteiger partial charge in [-0.1, -0.05) is 24.3 Å². The minimum absolute atomic E-state index is 0.0631. The molecule has 0 aromatic heterocycles. The van der Waals surface area contributed by atoms with Gasteiger partial charge in [0.1, 0.15) is 0 Å². The predicted molar refractivity (Wildman–Crippen MR) is 102 cm³/mol. The van der Waals surface area contributed by atoms with Crippen LogP contribution in [-0.4, -0.2) is 39.1 Å². The number of amides is 1.